The summed E-state index contributed by atoms with van der Waals surface area (Å²) in [6.07, 6.45) is 4.62. The van der Waals surface area contributed by atoms with Crippen molar-refractivity contribution in [2.75, 3.05) is 5.75 Å². The molecular formula is C30H27N3O3S. The van der Waals surface area contributed by atoms with Gasteiger partial charge in [0, 0.05) is 57.5 Å². The molecule has 7 heteroatoms. The van der Waals surface area contributed by atoms with E-state index in [0.29, 0.717) is 11.3 Å². The molecule has 2 atom stereocenters. The van der Waals surface area contributed by atoms with Gasteiger partial charge in [-0.15, -0.1) is 11.8 Å². The predicted octanol–water partition coefficient (Wildman–Crippen LogP) is 6.20. The maximum atomic E-state index is 13.8. The molecule has 6 nitrogen and oxygen atoms in total. The Morgan fingerprint density at radius 2 is 1.84 bits per heavy atom. The van der Waals surface area contributed by atoms with Crippen molar-refractivity contribution in [3.05, 3.63) is 102 Å². The Morgan fingerprint density at radius 3 is 2.57 bits per heavy atom. The van der Waals surface area contributed by atoms with Crippen LogP contribution in [0.25, 0.3) is 10.9 Å². The normalized spacial score (nSPS) is 17.3. The molecular weight excluding hydrogens is 482 g/mol. The molecule has 5 rings (SSSR count). The van der Waals surface area contributed by atoms with Crippen molar-refractivity contribution in [2.45, 2.75) is 37.8 Å². The predicted molar refractivity (Wildman–Crippen MR) is 146 cm³/mol. The van der Waals surface area contributed by atoms with E-state index in [0.717, 1.165) is 27.6 Å². The van der Waals surface area contributed by atoms with Crippen LogP contribution in [0, 0.1) is 11.8 Å². The monoisotopic (exact) mass is 509 g/mol. The first kappa shape index (κ1) is 24.7. The number of aromatic nitrogens is 2. The van der Waals surface area contributed by atoms with E-state index in [-0.39, 0.29) is 11.2 Å². The van der Waals surface area contributed by atoms with Crippen LogP contribution >= 0.6 is 11.8 Å². The first-order chi connectivity index (χ1) is 17.8. The van der Waals surface area contributed by atoms with Gasteiger partial charge in [0.05, 0.1) is 0 Å². The van der Waals surface area contributed by atoms with Crippen LogP contribution in [0.15, 0.2) is 79.3 Å². The fourth-order valence-electron chi connectivity index (χ4n) is 4.28. The van der Waals surface area contributed by atoms with E-state index in [9.17, 15) is 9.59 Å². The zero-order chi connectivity index (χ0) is 26.0. The molecule has 0 saturated carbocycles. The minimum absolute atomic E-state index is 0.126. The van der Waals surface area contributed by atoms with Crippen LogP contribution in [-0.2, 0) is 4.74 Å². The number of carbonyl (C=O) groups is 2. The highest BCUT2D eigenvalue weighted by Gasteiger charge is 2.44. The van der Waals surface area contributed by atoms with Crippen molar-refractivity contribution in [1.29, 1.82) is 0 Å². The molecule has 3 heterocycles. The number of Topliss-reactive ketones (excluding diaryl/α,β-unsaturated/α-hetero) is 1. The van der Waals surface area contributed by atoms with Gasteiger partial charge in [-0.25, -0.2) is 4.79 Å². The molecule has 1 aliphatic rings. The van der Waals surface area contributed by atoms with E-state index in [4.69, 9.17) is 4.74 Å². The number of hydrogen-bond donors (Lipinski definition) is 1. The van der Waals surface area contributed by atoms with Gasteiger partial charge in [0.25, 0.3) is 0 Å². The number of pyridine rings is 1. The number of thioether (sulfide) groups is 1. The Kier molecular flexibility index (Phi) is 6.77. The summed E-state index contributed by atoms with van der Waals surface area (Å²) in [5, 5.41) is 0.441. The Labute approximate surface area is 220 Å². The van der Waals surface area contributed by atoms with E-state index in [2.05, 4.69) is 21.8 Å². The lowest BCUT2D eigenvalue weighted by atomic mass is 10.0. The maximum absolute atomic E-state index is 13.8. The summed E-state index contributed by atoms with van der Waals surface area (Å²) in [5.74, 6) is 6.68. The molecule has 2 aromatic heterocycles. The third-order valence-electron chi connectivity index (χ3n) is 5.95. The van der Waals surface area contributed by atoms with Gasteiger partial charge in [-0.1, -0.05) is 42.2 Å². The number of ether oxygens (including phenoxy) is 1. The Bertz CT molecular complexity index is 1500. The number of hydrogen-bond acceptors (Lipinski definition) is 5. The molecule has 0 aliphatic carbocycles. The minimum atomic E-state index is -0.685. The summed E-state index contributed by atoms with van der Waals surface area (Å²) in [6.45, 7) is 5.46. The van der Waals surface area contributed by atoms with Gasteiger partial charge in [-0.3, -0.25) is 14.7 Å². The van der Waals surface area contributed by atoms with Gasteiger partial charge in [-0.2, -0.15) is 0 Å². The smallest absolute Gasteiger partial charge is 0.412 e. The Hall–Kier alpha value is -4.02. The summed E-state index contributed by atoms with van der Waals surface area (Å²) in [4.78, 5) is 36.2. The fourth-order valence-corrected chi connectivity index (χ4v) is 5.68. The first-order valence-corrected chi connectivity index (χ1v) is 13.1. The summed E-state index contributed by atoms with van der Waals surface area (Å²) in [5.41, 5.74) is 3.32. The Morgan fingerprint density at radius 1 is 1.05 bits per heavy atom. The fraction of sp³-hybridized carbons (Fsp3) is 0.233. The van der Waals surface area contributed by atoms with Gasteiger partial charge >= 0.3 is 6.09 Å². The first-order valence-electron chi connectivity index (χ1n) is 12.1. The number of benzene rings is 2. The van der Waals surface area contributed by atoms with E-state index < -0.39 is 17.7 Å². The molecule has 1 N–H and O–H groups in total. The van der Waals surface area contributed by atoms with Crippen molar-refractivity contribution in [2.24, 2.45) is 0 Å². The molecule has 4 aromatic rings. The highest BCUT2D eigenvalue weighted by Crippen LogP contribution is 2.43. The average Bonchev–Trinajstić information content (AvgIpc) is 3.52. The van der Waals surface area contributed by atoms with Crippen LogP contribution in [0.3, 0.4) is 0 Å². The van der Waals surface area contributed by atoms with Gasteiger partial charge < -0.3 is 9.72 Å². The van der Waals surface area contributed by atoms with Crippen molar-refractivity contribution in [3.63, 3.8) is 0 Å². The van der Waals surface area contributed by atoms with E-state index in [1.165, 1.54) is 11.8 Å². The lowest BCUT2D eigenvalue weighted by Crippen LogP contribution is -2.45. The van der Waals surface area contributed by atoms with E-state index >= 15 is 0 Å². The second-order valence-electron chi connectivity index (χ2n) is 9.82. The molecule has 1 saturated heterocycles. The number of carbonyl (C=O) groups excluding carboxylic acids is 2. The molecule has 0 spiro atoms. The standard InChI is InChI=1S/C30H27N3O3S/c1-30(2,3)36-29(35)33-26(19-37-28(33)22-10-7-15-31-17-22)27(34)24-18-32-25-16-21(13-14-23(24)25)12-11-20-8-5-4-6-9-20/h4-10,13-18,26,28,32H,19H2,1-3H3. The van der Waals surface area contributed by atoms with Crippen molar-refractivity contribution in [3.8, 4) is 11.8 Å². The van der Waals surface area contributed by atoms with Crippen LogP contribution in [0.1, 0.15) is 53.2 Å². The van der Waals surface area contributed by atoms with Crippen LogP contribution in [0.5, 0.6) is 0 Å². The molecule has 186 valence electrons. The minimum Gasteiger partial charge on any atom is -0.444 e. The number of rotatable bonds is 3. The number of H-pyrrole nitrogens is 1. The third-order valence-corrected chi connectivity index (χ3v) is 7.27. The maximum Gasteiger partial charge on any atom is 0.412 e. The van der Waals surface area contributed by atoms with Gasteiger partial charge in [-0.05, 0) is 51.1 Å². The SMILES string of the molecule is CC(C)(C)OC(=O)N1C(C(=O)c2c[nH]c3cc(C#Cc4ccccc4)ccc23)CSC1c1cccnc1. The summed E-state index contributed by atoms with van der Waals surface area (Å²) in [6, 6.07) is 18.6. The van der Waals surface area contributed by atoms with Crippen molar-refractivity contribution < 1.29 is 14.3 Å². The molecule has 1 fully saturated rings. The zero-order valence-electron chi connectivity index (χ0n) is 20.9. The number of fused-ring (bicyclic) bond motifs is 1. The summed E-state index contributed by atoms with van der Waals surface area (Å²) >= 11 is 1.54. The number of nitrogens with one attached hydrogen (secondary N) is 1. The van der Waals surface area contributed by atoms with Crippen molar-refractivity contribution >= 4 is 34.5 Å². The highest BCUT2D eigenvalue weighted by atomic mass is 32.2. The third kappa shape index (κ3) is 5.40. The van der Waals surface area contributed by atoms with Crippen LogP contribution in [0.4, 0.5) is 4.79 Å². The molecule has 1 aliphatic heterocycles. The van der Waals surface area contributed by atoms with Crippen LogP contribution in [-0.4, -0.2) is 44.1 Å². The number of ketones is 1. The van der Waals surface area contributed by atoms with E-state index in [1.54, 1.807) is 23.5 Å². The summed E-state index contributed by atoms with van der Waals surface area (Å²) in [7, 11) is 0. The lowest BCUT2D eigenvalue weighted by molar-refractivity contribution is 0.0173. The molecule has 2 aromatic carbocycles. The van der Waals surface area contributed by atoms with Gasteiger partial charge in [0.1, 0.15) is 17.0 Å². The Balaban J connectivity index is 1.45. The zero-order valence-corrected chi connectivity index (χ0v) is 21.7. The topological polar surface area (TPSA) is 75.3 Å². The number of nitrogens with zero attached hydrogens (tertiary/aromatic N) is 2. The lowest BCUT2D eigenvalue weighted by Gasteiger charge is -2.31. The largest absolute Gasteiger partial charge is 0.444 e. The second-order valence-corrected chi connectivity index (χ2v) is 10.9. The molecule has 0 bridgehead atoms. The number of aromatic amines is 1. The molecule has 2 unspecified atom stereocenters. The van der Waals surface area contributed by atoms with Crippen LogP contribution < -0.4 is 0 Å². The van der Waals surface area contributed by atoms with Gasteiger partial charge in [0.15, 0.2) is 5.78 Å². The molecule has 1 amide bonds. The van der Waals surface area contributed by atoms with Crippen LogP contribution in [0.2, 0.25) is 0 Å². The molecule has 37 heavy (non-hydrogen) atoms. The summed E-state index contributed by atoms with van der Waals surface area (Å²) < 4.78 is 5.72. The molecule has 0 radical (unpaired) electrons. The average molecular weight is 510 g/mol. The van der Waals surface area contributed by atoms with Crippen molar-refractivity contribution in [1.82, 2.24) is 14.9 Å². The van der Waals surface area contributed by atoms with Gasteiger partial charge in [0.2, 0.25) is 0 Å². The number of amides is 1. The second kappa shape index (κ2) is 10.2. The quantitative estimate of drug-likeness (QED) is 0.263. The highest BCUT2D eigenvalue weighted by molar-refractivity contribution is 7.99. The van der Waals surface area contributed by atoms with E-state index in [1.807, 2.05) is 81.4 Å².